The van der Waals surface area contributed by atoms with Crippen molar-refractivity contribution in [2.45, 2.75) is 0 Å². The molecule has 3 N–H and O–H groups in total. The van der Waals surface area contributed by atoms with Gasteiger partial charge in [0.05, 0.1) is 14.2 Å². The number of thiophene rings is 1. The second kappa shape index (κ2) is 5.48. The zero-order valence-corrected chi connectivity index (χ0v) is 12.4. The number of rotatable bonds is 4. The average Bonchev–Trinajstić information content (AvgIpc) is 3.14. The molecule has 2 aromatic heterocycles. The van der Waals surface area contributed by atoms with Gasteiger partial charge >= 0.3 is 0 Å². The van der Waals surface area contributed by atoms with Crippen molar-refractivity contribution in [2.75, 3.05) is 19.5 Å². The third kappa shape index (κ3) is 2.29. The number of carbonyl (C=O) groups is 1. The Labute approximate surface area is 127 Å². The second-order valence-corrected chi connectivity index (χ2v) is 5.22. The third-order valence-electron chi connectivity index (χ3n) is 2.94. The standard InChI is InChI=1S/C12H11N5O4S/c1-20-6-3-5-8(4-7(6)21-2)22-10(9(5)18)11(19)13-12-14-16-17-15-12/h3-4,18H,1-2H3,(H2,13,14,15,16,17,19). The van der Waals surface area contributed by atoms with Crippen LogP contribution in [-0.4, -0.2) is 45.9 Å². The second-order valence-electron chi connectivity index (χ2n) is 4.17. The van der Waals surface area contributed by atoms with E-state index in [1.807, 2.05) is 0 Å². The summed E-state index contributed by atoms with van der Waals surface area (Å²) in [7, 11) is 3.01. The van der Waals surface area contributed by atoms with Gasteiger partial charge in [0.2, 0.25) is 0 Å². The largest absolute Gasteiger partial charge is 0.506 e. The molecule has 0 aliphatic heterocycles. The lowest BCUT2D eigenvalue weighted by Crippen LogP contribution is -2.11. The van der Waals surface area contributed by atoms with Crippen molar-refractivity contribution in [1.82, 2.24) is 20.6 Å². The maximum Gasteiger partial charge on any atom is 0.272 e. The number of nitrogens with zero attached hydrogens (tertiary/aromatic N) is 3. The van der Waals surface area contributed by atoms with Gasteiger partial charge in [-0.2, -0.15) is 5.21 Å². The smallest absolute Gasteiger partial charge is 0.272 e. The Morgan fingerprint density at radius 2 is 2.05 bits per heavy atom. The Kier molecular flexibility index (Phi) is 3.51. The lowest BCUT2D eigenvalue weighted by molar-refractivity contribution is 0.102. The van der Waals surface area contributed by atoms with Crippen LogP contribution in [0.15, 0.2) is 12.1 Å². The van der Waals surface area contributed by atoms with Crippen molar-refractivity contribution in [1.29, 1.82) is 0 Å². The number of carbonyl (C=O) groups excluding carboxylic acids is 1. The molecule has 0 spiro atoms. The minimum Gasteiger partial charge on any atom is -0.506 e. The van der Waals surface area contributed by atoms with E-state index in [0.29, 0.717) is 21.6 Å². The Bertz CT molecular complexity index is 830. The van der Waals surface area contributed by atoms with Gasteiger partial charge < -0.3 is 14.6 Å². The number of H-pyrrole nitrogens is 1. The van der Waals surface area contributed by atoms with Gasteiger partial charge in [-0.25, -0.2) is 0 Å². The molecule has 0 unspecified atom stereocenters. The van der Waals surface area contributed by atoms with Crippen LogP contribution in [0.3, 0.4) is 0 Å². The molecule has 0 fully saturated rings. The monoisotopic (exact) mass is 321 g/mol. The van der Waals surface area contributed by atoms with Crippen molar-refractivity contribution < 1.29 is 19.4 Å². The molecule has 0 aliphatic rings. The Hall–Kier alpha value is -2.88. The molecule has 0 atom stereocenters. The lowest BCUT2D eigenvalue weighted by Gasteiger charge is -2.06. The highest BCUT2D eigenvalue weighted by Crippen LogP contribution is 2.42. The molecule has 0 saturated carbocycles. The van der Waals surface area contributed by atoms with Gasteiger partial charge in [0.25, 0.3) is 11.9 Å². The van der Waals surface area contributed by atoms with Crippen LogP contribution in [0.5, 0.6) is 17.2 Å². The molecule has 114 valence electrons. The van der Waals surface area contributed by atoms with Crippen molar-refractivity contribution in [2.24, 2.45) is 0 Å². The van der Waals surface area contributed by atoms with Crippen molar-refractivity contribution in [3.63, 3.8) is 0 Å². The van der Waals surface area contributed by atoms with Crippen molar-refractivity contribution in [3.05, 3.63) is 17.0 Å². The molecular weight excluding hydrogens is 310 g/mol. The number of nitrogens with one attached hydrogen (secondary N) is 2. The quantitative estimate of drug-likeness (QED) is 0.663. The van der Waals surface area contributed by atoms with Gasteiger partial charge in [-0.3, -0.25) is 10.1 Å². The summed E-state index contributed by atoms with van der Waals surface area (Å²) in [4.78, 5) is 12.3. The Morgan fingerprint density at radius 3 is 2.68 bits per heavy atom. The molecule has 0 saturated heterocycles. The first-order valence-electron chi connectivity index (χ1n) is 6.06. The van der Waals surface area contributed by atoms with Crippen LogP contribution < -0.4 is 14.8 Å². The summed E-state index contributed by atoms with van der Waals surface area (Å²) in [6.45, 7) is 0. The van der Waals surface area contributed by atoms with E-state index in [1.54, 1.807) is 12.1 Å². The third-order valence-corrected chi connectivity index (χ3v) is 4.09. The summed E-state index contributed by atoms with van der Waals surface area (Å²) in [5, 5.41) is 26.0. The molecule has 22 heavy (non-hydrogen) atoms. The maximum atomic E-state index is 12.2. The summed E-state index contributed by atoms with van der Waals surface area (Å²) in [6, 6.07) is 3.31. The molecule has 1 aromatic carbocycles. The molecule has 10 heteroatoms. The maximum absolute atomic E-state index is 12.2. The van der Waals surface area contributed by atoms with Crippen LogP contribution >= 0.6 is 11.3 Å². The number of tetrazole rings is 1. The first kappa shape index (κ1) is 14.1. The fourth-order valence-electron chi connectivity index (χ4n) is 1.94. The molecule has 3 aromatic rings. The molecule has 2 heterocycles. The Balaban J connectivity index is 2.03. The van der Waals surface area contributed by atoms with E-state index in [-0.39, 0.29) is 16.6 Å². The van der Waals surface area contributed by atoms with E-state index in [2.05, 4.69) is 25.9 Å². The first-order chi connectivity index (χ1) is 10.6. The Morgan fingerprint density at radius 1 is 1.32 bits per heavy atom. The first-order valence-corrected chi connectivity index (χ1v) is 6.88. The number of ether oxygens (including phenoxy) is 2. The zero-order chi connectivity index (χ0) is 15.7. The number of aromatic hydroxyl groups is 1. The van der Waals surface area contributed by atoms with Gasteiger partial charge in [0.15, 0.2) is 11.5 Å². The molecule has 3 rings (SSSR count). The zero-order valence-electron chi connectivity index (χ0n) is 11.6. The van der Waals surface area contributed by atoms with E-state index < -0.39 is 5.91 Å². The van der Waals surface area contributed by atoms with Gasteiger partial charge in [-0.15, -0.1) is 16.4 Å². The SMILES string of the molecule is COc1cc2sc(C(=O)Nc3nn[nH]n3)c(O)c2cc1OC. The average molecular weight is 321 g/mol. The number of hydrogen-bond donors (Lipinski definition) is 3. The van der Waals surface area contributed by atoms with Crippen LogP contribution in [0.4, 0.5) is 5.95 Å². The number of methoxy groups -OCH3 is 2. The number of aromatic amines is 1. The van der Waals surface area contributed by atoms with E-state index in [0.717, 1.165) is 11.3 Å². The number of fused-ring (bicyclic) bond motifs is 1. The van der Waals surface area contributed by atoms with Gasteiger partial charge in [-0.05, 0) is 11.3 Å². The molecule has 0 bridgehead atoms. The molecular formula is C12H11N5O4S. The van der Waals surface area contributed by atoms with E-state index in [9.17, 15) is 9.90 Å². The fraction of sp³-hybridized carbons (Fsp3) is 0.167. The van der Waals surface area contributed by atoms with Gasteiger partial charge in [0, 0.05) is 16.2 Å². The van der Waals surface area contributed by atoms with Crippen molar-refractivity contribution in [3.8, 4) is 17.2 Å². The van der Waals surface area contributed by atoms with E-state index >= 15 is 0 Å². The number of amides is 1. The van der Waals surface area contributed by atoms with Crippen LogP contribution in [0.1, 0.15) is 9.67 Å². The summed E-state index contributed by atoms with van der Waals surface area (Å²) in [5.74, 6) is 0.339. The van der Waals surface area contributed by atoms with Gasteiger partial charge in [-0.1, -0.05) is 5.10 Å². The summed E-state index contributed by atoms with van der Waals surface area (Å²) < 4.78 is 11.1. The van der Waals surface area contributed by atoms with E-state index in [4.69, 9.17) is 9.47 Å². The fourth-order valence-corrected chi connectivity index (χ4v) is 2.94. The van der Waals surface area contributed by atoms with Crippen molar-refractivity contribution >= 4 is 33.3 Å². The van der Waals surface area contributed by atoms with Gasteiger partial charge in [0.1, 0.15) is 10.6 Å². The molecule has 1 amide bonds. The highest BCUT2D eigenvalue weighted by atomic mass is 32.1. The minimum atomic E-state index is -0.530. The molecule has 9 nitrogen and oxygen atoms in total. The summed E-state index contributed by atoms with van der Waals surface area (Å²) in [5.41, 5.74) is 0. The topological polar surface area (TPSA) is 122 Å². The summed E-state index contributed by atoms with van der Waals surface area (Å²) >= 11 is 1.12. The number of aromatic nitrogens is 4. The van der Waals surface area contributed by atoms with Crippen LogP contribution in [0, 0.1) is 0 Å². The normalized spacial score (nSPS) is 10.6. The van der Waals surface area contributed by atoms with Crippen LogP contribution in [0.25, 0.3) is 10.1 Å². The highest BCUT2D eigenvalue weighted by molar-refractivity contribution is 7.21. The molecule has 0 aliphatic carbocycles. The molecule has 0 radical (unpaired) electrons. The lowest BCUT2D eigenvalue weighted by atomic mass is 10.2. The number of benzene rings is 1. The minimum absolute atomic E-state index is 0.0250. The van der Waals surface area contributed by atoms with Crippen LogP contribution in [0.2, 0.25) is 0 Å². The predicted molar refractivity (Wildman–Crippen MR) is 78.7 cm³/mol. The summed E-state index contributed by atoms with van der Waals surface area (Å²) in [6.07, 6.45) is 0. The number of anilines is 1. The predicted octanol–water partition coefficient (Wildman–Crippen LogP) is 1.39. The van der Waals surface area contributed by atoms with E-state index in [1.165, 1.54) is 14.2 Å². The van der Waals surface area contributed by atoms with Crippen LogP contribution in [-0.2, 0) is 0 Å². The number of hydrogen-bond acceptors (Lipinski definition) is 8. The highest BCUT2D eigenvalue weighted by Gasteiger charge is 2.21.